The fourth-order valence-electron chi connectivity index (χ4n) is 1.92. The molecule has 16 heavy (non-hydrogen) atoms. The van der Waals surface area contributed by atoms with E-state index in [4.69, 9.17) is 4.74 Å². The minimum Gasteiger partial charge on any atom is -0.481 e. The molecule has 1 atom stereocenters. The summed E-state index contributed by atoms with van der Waals surface area (Å²) in [5.74, 6) is 0.588. The minimum atomic E-state index is 0.159. The summed E-state index contributed by atoms with van der Waals surface area (Å²) in [6.45, 7) is 7.05. The molecular formula is C13H21BrO2. The van der Waals surface area contributed by atoms with Gasteiger partial charge in [-0.15, -0.1) is 0 Å². The molecule has 0 aromatic heterocycles. The summed E-state index contributed by atoms with van der Waals surface area (Å²) in [7, 11) is 0. The van der Waals surface area contributed by atoms with Gasteiger partial charge >= 0.3 is 0 Å². The number of alkyl halides is 1. The zero-order valence-electron chi connectivity index (χ0n) is 10.3. The summed E-state index contributed by atoms with van der Waals surface area (Å²) >= 11 is 3.47. The van der Waals surface area contributed by atoms with Crippen LogP contribution in [0, 0.1) is 5.92 Å². The molecule has 0 spiro atoms. The first-order chi connectivity index (χ1) is 7.56. The van der Waals surface area contributed by atoms with Gasteiger partial charge in [-0.25, -0.2) is 0 Å². The molecule has 0 saturated heterocycles. The van der Waals surface area contributed by atoms with E-state index < -0.39 is 0 Å². The molecule has 1 N–H and O–H groups in total. The van der Waals surface area contributed by atoms with Crippen molar-refractivity contribution in [2.24, 2.45) is 5.92 Å². The van der Waals surface area contributed by atoms with Crippen molar-refractivity contribution in [3.8, 4) is 0 Å². The minimum absolute atomic E-state index is 0.159. The maximum atomic E-state index is 9.76. The van der Waals surface area contributed by atoms with Crippen molar-refractivity contribution in [3.05, 3.63) is 22.7 Å². The first-order valence-corrected chi connectivity index (χ1v) is 6.94. The van der Waals surface area contributed by atoms with E-state index in [1.165, 1.54) is 11.1 Å². The van der Waals surface area contributed by atoms with Crippen molar-refractivity contribution in [2.45, 2.75) is 40.0 Å². The van der Waals surface area contributed by atoms with Crippen LogP contribution >= 0.6 is 15.9 Å². The van der Waals surface area contributed by atoms with Gasteiger partial charge in [0.25, 0.3) is 5.95 Å². The van der Waals surface area contributed by atoms with E-state index in [9.17, 15) is 5.11 Å². The van der Waals surface area contributed by atoms with Crippen LogP contribution in [0.25, 0.3) is 0 Å². The van der Waals surface area contributed by atoms with Gasteiger partial charge in [-0.1, -0.05) is 34.0 Å². The quantitative estimate of drug-likeness (QED) is 0.617. The van der Waals surface area contributed by atoms with E-state index >= 15 is 0 Å². The van der Waals surface area contributed by atoms with Crippen LogP contribution in [-0.2, 0) is 4.74 Å². The molecule has 0 amide bonds. The molecule has 0 aromatic rings. The van der Waals surface area contributed by atoms with Crippen LogP contribution in [0.4, 0.5) is 0 Å². The zero-order chi connectivity index (χ0) is 12.1. The average Bonchev–Trinajstić information content (AvgIpc) is 2.21. The number of hydrogen-bond donors (Lipinski definition) is 1. The lowest BCUT2D eigenvalue weighted by Crippen LogP contribution is -2.15. The Balaban J connectivity index is 2.81. The largest absolute Gasteiger partial charge is 0.481 e. The Morgan fingerprint density at radius 1 is 1.50 bits per heavy atom. The first-order valence-electron chi connectivity index (χ1n) is 5.82. The van der Waals surface area contributed by atoms with Crippen molar-refractivity contribution < 1.29 is 9.84 Å². The lowest BCUT2D eigenvalue weighted by Gasteiger charge is -2.24. The highest BCUT2D eigenvalue weighted by atomic mass is 79.9. The molecule has 0 aromatic carbocycles. The summed E-state index contributed by atoms with van der Waals surface area (Å²) in [6, 6.07) is 0. The normalized spacial score (nSPS) is 20.6. The standard InChI is InChI=1S/C13H21BrO2/c1-9(2)11(4-6-14)8-12-10(3)5-7-16-13(12)15/h10,15H,4-8H2,1-3H3/t10-/m1/s1. The van der Waals surface area contributed by atoms with Crippen LogP contribution in [-0.4, -0.2) is 17.0 Å². The molecule has 92 valence electrons. The number of halogens is 1. The number of rotatable bonds is 4. The fourth-order valence-corrected chi connectivity index (χ4v) is 2.40. The van der Waals surface area contributed by atoms with Gasteiger partial charge in [-0.3, -0.25) is 0 Å². The van der Waals surface area contributed by atoms with Crippen molar-refractivity contribution in [3.63, 3.8) is 0 Å². The molecule has 0 radical (unpaired) electrons. The van der Waals surface area contributed by atoms with E-state index in [1.54, 1.807) is 0 Å². The number of hydrogen-bond acceptors (Lipinski definition) is 2. The van der Waals surface area contributed by atoms with E-state index in [2.05, 4.69) is 36.7 Å². The third kappa shape index (κ3) is 3.55. The smallest absolute Gasteiger partial charge is 0.276 e. The Labute approximate surface area is 107 Å². The van der Waals surface area contributed by atoms with Gasteiger partial charge in [0.15, 0.2) is 0 Å². The average molecular weight is 289 g/mol. The highest BCUT2D eigenvalue weighted by Crippen LogP contribution is 2.31. The lowest BCUT2D eigenvalue weighted by molar-refractivity contribution is 0.0613. The molecular weight excluding hydrogens is 268 g/mol. The molecule has 1 heterocycles. The molecule has 0 unspecified atom stereocenters. The molecule has 1 rings (SSSR count). The number of aliphatic hydroxyl groups is 1. The Hall–Kier alpha value is -0.440. The van der Waals surface area contributed by atoms with Crippen LogP contribution in [0.3, 0.4) is 0 Å². The zero-order valence-corrected chi connectivity index (χ0v) is 11.9. The van der Waals surface area contributed by atoms with Crippen molar-refractivity contribution in [2.75, 3.05) is 11.9 Å². The molecule has 0 saturated carbocycles. The van der Waals surface area contributed by atoms with Gasteiger partial charge in [-0.2, -0.15) is 0 Å². The monoisotopic (exact) mass is 288 g/mol. The summed E-state index contributed by atoms with van der Waals surface area (Å²) in [6.07, 6.45) is 2.89. The second-order valence-corrected chi connectivity index (χ2v) is 5.38. The van der Waals surface area contributed by atoms with Gasteiger partial charge < -0.3 is 9.84 Å². The molecule has 2 nitrogen and oxygen atoms in total. The Morgan fingerprint density at radius 2 is 2.19 bits per heavy atom. The van der Waals surface area contributed by atoms with Crippen LogP contribution < -0.4 is 0 Å². The topological polar surface area (TPSA) is 29.5 Å². The van der Waals surface area contributed by atoms with Crippen molar-refractivity contribution >= 4 is 15.9 Å². The van der Waals surface area contributed by atoms with Gasteiger partial charge in [0, 0.05) is 10.9 Å². The van der Waals surface area contributed by atoms with Gasteiger partial charge in [0.1, 0.15) is 0 Å². The highest BCUT2D eigenvalue weighted by Gasteiger charge is 2.21. The van der Waals surface area contributed by atoms with Crippen molar-refractivity contribution in [1.29, 1.82) is 0 Å². The van der Waals surface area contributed by atoms with Crippen LogP contribution in [0.5, 0.6) is 0 Å². The molecule has 1 aliphatic heterocycles. The van der Waals surface area contributed by atoms with Crippen LogP contribution in [0.15, 0.2) is 22.7 Å². The predicted octanol–water partition coefficient (Wildman–Crippen LogP) is 4.32. The summed E-state index contributed by atoms with van der Waals surface area (Å²) in [5.41, 5.74) is 3.80. The Bertz CT molecular complexity index is 301. The van der Waals surface area contributed by atoms with E-state index in [0.717, 1.165) is 30.2 Å². The van der Waals surface area contributed by atoms with Gasteiger partial charge in [0.05, 0.1) is 6.61 Å². The molecule has 0 aliphatic carbocycles. The predicted molar refractivity (Wildman–Crippen MR) is 70.8 cm³/mol. The van der Waals surface area contributed by atoms with Crippen LogP contribution in [0.1, 0.15) is 40.0 Å². The highest BCUT2D eigenvalue weighted by molar-refractivity contribution is 9.09. The maximum absolute atomic E-state index is 9.76. The summed E-state index contributed by atoms with van der Waals surface area (Å²) in [5, 5.41) is 10.7. The number of allylic oxidation sites excluding steroid dienone is 3. The first kappa shape index (κ1) is 13.6. The Morgan fingerprint density at radius 3 is 2.69 bits per heavy atom. The molecule has 1 aliphatic rings. The van der Waals surface area contributed by atoms with Gasteiger partial charge in [0.2, 0.25) is 0 Å². The Kier molecular flexibility index (Phi) is 5.39. The number of aliphatic hydroxyl groups excluding tert-OH is 1. The molecule has 3 heteroatoms. The summed E-state index contributed by atoms with van der Waals surface area (Å²) in [4.78, 5) is 0. The maximum Gasteiger partial charge on any atom is 0.276 e. The second kappa shape index (κ2) is 6.33. The lowest BCUT2D eigenvalue weighted by atomic mass is 9.89. The van der Waals surface area contributed by atoms with E-state index in [0.29, 0.717) is 12.5 Å². The fraction of sp³-hybridized carbons (Fsp3) is 0.692. The van der Waals surface area contributed by atoms with E-state index in [1.807, 2.05) is 0 Å². The third-order valence-electron chi connectivity index (χ3n) is 3.17. The van der Waals surface area contributed by atoms with Crippen LogP contribution in [0.2, 0.25) is 0 Å². The summed E-state index contributed by atoms with van der Waals surface area (Å²) < 4.78 is 5.22. The second-order valence-electron chi connectivity index (χ2n) is 4.59. The van der Waals surface area contributed by atoms with Gasteiger partial charge in [-0.05, 0) is 39.0 Å². The SMILES string of the molecule is CC(C)=C(CCBr)CC1=C(O)OCC[C@H]1C. The number of ether oxygens (including phenoxy) is 1. The molecule has 0 fully saturated rings. The van der Waals surface area contributed by atoms with E-state index in [-0.39, 0.29) is 5.95 Å². The van der Waals surface area contributed by atoms with Crippen molar-refractivity contribution in [1.82, 2.24) is 0 Å². The third-order valence-corrected chi connectivity index (χ3v) is 3.56. The molecule has 0 bridgehead atoms.